The molecule has 1 aliphatic rings. The van der Waals surface area contributed by atoms with Gasteiger partial charge in [0.15, 0.2) is 11.8 Å². The van der Waals surface area contributed by atoms with Crippen molar-refractivity contribution in [3.05, 3.63) is 11.6 Å². The number of methoxy groups -OCH3 is 2. The van der Waals surface area contributed by atoms with E-state index in [1.165, 1.54) is 0 Å². The van der Waals surface area contributed by atoms with Crippen molar-refractivity contribution in [1.29, 1.82) is 0 Å². The second kappa shape index (κ2) is 8.43. The molecule has 1 aliphatic heterocycles. The highest BCUT2D eigenvalue weighted by atomic mass is 16.5. The first-order chi connectivity index (χ1) is 11.5. The van der Waals surface area contributed by atoms with E-state index in [-0.39, 0.29) is 11.6 Å². The van der Waals surface area contributed by atoms with E-state index in [0.29, 0.717) is 13.2 Å². The number of aliphatic imine (C=N–C) groups is 1. The Labute approximate surface area is 144 Å². The van der Waals surface area contributed by atoms with E-state index in [0.717, 1.165) is 43.5 Å². The average molecular weight is 338 g/mol. The van der Waals surface area contributed by atoms with Gasteiger partial charge in [0.25, 0.3) is 0 Å². The molecule has 0 fully saturated rings. The van der Waals surface area contributed by atoms with Crippen LogP contribution in [0.3, 0.4) is 0 Å². The second-order valence-corrected chi connectivity index (χ2v) is 6.60. The van der Waals surface area contributed by atoms with Crippen molar-refractivity contribution in [3.63, 3.8) is 0 Å². The van der Waals surface area contributed by atoms with E-state index in [4.69, 9.17) is 9.47 Å². The van der Waals surface area contributed by atoms with Gasteiger partial charge < -0.3 is 20.1 Å². The van der Waals surface area contributed by atoms with Crippen LogP contribution >= 0.6 is 0 Å². The van der Waals surface area contributed by atoms with Crippen LogP contribution < -0.4 is 10.6 Å². The Bertz CT molecular complexity index is 555. The van der Waals surface area contributed by atoms with Crippen molar-refractivity contribution in [3.8, 4) is 0 Å². The summed E-state index contributed by atoms with van der Waals surface area (Å²) in [6.07, 6.45) is 1.90. The summed E-state index contributed by atoms with van der Waals surface area (Å²) in [5, 5.41) is 11.3. The summed E-state index contributed by atoms with van der Waals surface area (Å²) in [6, 6.07) is 0.276. The molecule has 2 heterocycles. The number of aromatic nitrogens is 3. The van der Waals surface area contributed by atoms with Gasteiger partial charge in [-0.2, -0.15) is 5.10 Å². The SMILES string of the molecule is CCNC(=NCC(C)(C)OC)NC1CCc2nc(COC)nn2C1. The molecule has 0 amide bonds. The van der Waals surface area contributed by atoms with Gasteiger partial charge in [0.1, 0.15) is 12.4 Å². The van der Waals surface area contributed by atoms with Crippen LogP contribution in [-0.4, -0.2) is 59.7 Å². The maximum Gasteiger partial charge on any atom is 0.191 e. The van der Waals surface area contributed by atoms with E-state index in [9.17, 15) is 0 Å². The summed E-state index contributed by atoms with van der Waals surface area (Å²) in [5.74, 6) is 2.59. The fourth-order valence-electron chi connectivity index (χ4n) is 2.52. The van der Waals surface area contributed by atoms with Crippen LogP contribution in [0.5, 0.6) is 0 Å². The van der Waals surface area contributed by atoms with Crippen molar-refractivity contribution in [2.45, 2.75) is 58.4 Å². The van der Waals surface area contributed by atoms with Crippen molar-refractivity contribution in [2.75, 3.05) is 27.3 Å². The first kappa shape index (κ1) is 18.7. The number of fused-ring (bicyclic) bond motifs is 1. The van der Waals surface area contributed by atoms with Gasteiger partial charge >= 0.3 is 0 Å². The Morgan fingerprint density at radius 2 is 2.21 bits per heavy atom. The minimum atomic E-state index is -0.275. The van der Waals surface area contributed by atoms with Gasteiger partial charge in [-0.3, -0.25) is 4.99 Å². The Balaban J connectivity index is 1.98. The standard InChI is InChI=1S/C16H30N6O2/c1-6-17-15(18-11-16(2,3)24-5)19-12-7-8-14-20-13(10-23-4)21-22(14)9-12/h12H,6-11H2,1-5H3,(H2,17,18,19). The number of guanidine groups is 1. The lowest BCUT2D eigenvalue weighted by atomic mass is 10.1. The number of nitrogens with one attached hydrogen (secondary N) is 2. The van der Waals surface area contributed by atoms with Crippen LogP contribution in [0.4, 0.5) is 0 Å². The largest absolute Gasteiger partial charge is 0.377 e. The third-order valence-corrected chi connectivity index (χ3v) is 4.03. The second-order valence-electron chi connectivity index (χ2n) is 6.60. The number of hydrogen-bond acceptors (Lipinski definition) is 5. The number of aryl methyl sites for hydroxylation is 1. The molecule has 24 heavy (non-hydrogen) atoms. The van der Waals surface area contributed by atoms with E-state index >= 15 is 0 Å². The van der Waals surface area contributed by atoms with Gasteiger partial charge in [-0.1, -0.05) is 0 Å². The van der Waals surface area contributed by atoms with Crippen LogP contribution in [0.15, 0.2) is 4.99 Å². The molecular weight excluding hydrogens is 308 g/mol. The number of ether oxygens (including phenoxy) is 2. The molecule has 0 bridgehead atoms. The van der Waals surface area contributed by atoms with Crippen molar-refractivity contribution >= 4 is 5.96 Å². The van der Waals surface area contributed by atoms with Crippen LogP contribution in [-0.2, 0) is 29.0 Å². The number of rotatable bonds is 7. The summed E-state index contributed by atoms with van der Waals surface area (Å²) < 4.78 is 12.5. The smallest absolute Gasteiger partial charge is 0.191 e. The Hall–Kier alpha value is -1.67. The molecule has 1 aromatic rings. The third kappa shape index (κ3) is 5.17. The fraction of sp³-hybridized carbons (Fsp3) is 0.812. The molecule has 1 atom stereocenters. The molecule has 1 aromatic heterocycles. The zero-order chi connectivity index (χ0) is 17.6. The molecular formula is C16H30N6O2. The number of hydrogen-bond donors (Lipinski definition) is 2. The fourth-order valence-corrected chi connectivity index (χ4v) is 2.52. The molecule has 8 heteroatoms. The van der Waals surface area contributed by atoms with Gasteiger partial charge in [0.2, 0.25) is 0 Å². The molecule has 0 saturated carbocycles. The molecule has 8 nitrogen and oxygen atoms in total. The molecule has 0 spiro atoms. The van der Waals surface area contributed by atoms with Gasteiger partial charge in [0, 0.05) is 33.2 Å². The highest BCUT2D eigenvalue weighted by molar-refractivity contribution is 5.80. The van der Waals surface area contributed by atoms with Gasteiger partial charge in [0.05, 0.1) is 18.7 Å². The maximum atomic E-state index is 5.43. The van der Waals surface area contributed by atoms with E-state index < -0.39 is 0 Å². The molecule has 0 radical (unpaired) electrons. The lowest BCUT2D eigenvalue weighted by Crippen LogP contribution is -2.47. The minimum Gasteiger partial charge on any atom is -0.377 e. The number of nitrogens with zero attached hydrogens (tertiary/aromatic N) is 4. The molecule has 1 unspecified atom stereocenters. The van der Waals surface area contributed by atoms with Crippen LogP contribution in [0.1, 0.15) is 38.8 Å². The summed E-state index contributed by atoms with van der Waals surface area (Å²) in [7, 11) is 3.37. The topological polar surface area (TPSA) is 85.6 Å². The summed E-state index contributed by atoms with van der Waals surface area (Å²) in [4.78, 5) is 9.15. The summed E-state index contributed by atoms with van der Waals surface area (Å²) in [6.45, 7) is 8.76. The highest BCUT2D eigenvalue weighted by Crippen LogP contribution is 2.13. The minimum absolute atomic E-state index is 0.275. The molecule has 0 saturated heterocycles. The van der Waals surface area contributed by atoms with Crippen LogP contribution in [0.25, 0.3) is 0 Å². The van der Waals surface area contributed by atoms with Crippen LogP contribution in [0.2, 0.25) is 0 Å². The van der Waals surface area contributed by atoms with Crippen molar-refractivity contribution < 1.29 is 9.47 Å². The Kier molecular flexibility index (Phi) is 6.56. The maximum absolute atomic E-state index is 5.43. The monoisotopic (exact) mass is 338 g/mol. The normalized spacial score (nSPS) is 18.4. The lowest BCUT2D eigenvalue weighted by Gasteiger charge is -2.26. The van der Waals surface area contributed by atoms with E-state index in [1.54, 1.807) is 14.2 Å². The van der Waals surface area contributed by atoms with Crippen molar-refractivity contribution in [2.24, 2.45) is 4.99 Å². The Morgan fingerprint density at radius 3 is 2.88 bits per heavy atom. The predicted molar refractivity (Wildman–Crippen MR) is 93.0 cm³/mol. The van der Waals surface area contributed by atoms with Crippen molar-refractivity contribution in [1.82, 2.24) is 25.4 Å². The molecule has 2 rings (SSSR count). The average Bonchev–Trinajstić information content (AvgIpc) is 2.95. The first-order valence-electron chi connectivity index (χ1n) is 8.49. The highest BCUT2D eigenvalue weighted by Gasteiger charge is 2.23. The quantitative estimate of drug-likeness (QED) is 0.563. The van der Waals surface area contributed by atoms with E-state index in [2.05, 4.69) is 32.6 Å². The summed E-state index contributed by atoms with van der Waals surface area (Å²) >= 11 is 0. The van der Waals surface area contributed by atoms with Gasteiger partial charge in [-0.25, -0.2) is 9.67 Å². The van der Waals surface area contributed by atoms with E-state index in [1.807, 2.05) is 18.5 Å². The van der Waals surface area contributed by atoms with Gasteiger partial charge in [-0.05, 0) is 27.2 Å². The first-order valence-corrected chi connectivity index (χ1v) is 8.49. The Morgan fingerprint density at radius 1 is 1.42 bits per heavy atom. The zero-order valence-electron chi connectivity index (χ0n) is 15.4. The predicted octanol–water partition coefficient (Wildman–Crippen LogP) is 0.719. The zero-order valence-corrected chi connectivity index (χ0v) is 15.4. The summed E-state index contributed by atoms with van der Waals surface area (Å²) in [5.41, 5.74) is -0.275. The molecule has 136 valence electrons. The lowest BCUT2D eigenvalue weighted by molar-refractivity contribution is 0.0310. The molecule has 0 aromatic carbocycles. The van der Waals surface area contributed by atoms with Gasteiger partial charge in [-0.15, -0.1) is 0 Å². The molecule has 0 aliphatic carbocycles. The van der Waals surface area contributed by atoms with Crippen LogP contribution in [0, 0.1) is 0 Å². The molecule has 2 N–H and O–H groups in total. The third-order valence-electron chi connectivity index (χ3n) is 4.03.